The molecule has 0 aliphatic carbocycles. The third-order valence-electron chi connectivity index (χ3n) is 7.31. The summed E-state index contributed by atoms with van der Waals surface area (Å²) < 4.78 is 67.3. The first-order chi connectivity index (χ1) is 20.9. The van der Waals surface area contributed by atoms with Crippen molar-refractivity contribution in [2.75, 3.05) is 0 Å². The molecule has 0 atom stereocenters. The Bertz CT molecular complexity index is 2340. The number of rotatable bonds is 3. The van der Waals surface area contributed by atoms with Gasteiger partial charge in [0.05, 0.1) is 35.1 Å². The number of nitrogens with zero attached hydrogens (tertiary/aromatic N) is 5. The van der Waals surface area contributed by atoms with Crippen molar-refractivity contribution in [1.82, 2.24) is 13.7 Å². The van der Waals surface area contributed by atoms with E-state index in [-0.39, 0.29) is 5.56 Å². The number of aromatic nitrogens is 3. The highest BCUT2D eigenvalue weighted by Gasteiger charge is 2.26. The molecule has 0 saturated carbocycles. The van der Waals surface area contributed by atoms with Crippen LogP contribution >= 0.6 is 11.7 Å². The number of pyridine rings is 1. The number of para-hydroxylation sites is 1. The second-order valence-electron chi connectivity index (χ2n) is 9.64. The average molecular weight is 588 g/mol. The third kappa shape index (κ3) is 4.00. The van der Waals surface area contributed by atoms with E-state index in [1.807, 2.05) is 36.4 Å². The van der Waals surface area contributed by atoms with E-state index in [1.165, 1.54) is 12.1 Å². The second-order valence-corrected chi connectivity index (χ2v) is 10.2. The first-order valence-corrected chi connectivity index (χ1v) is 13.5. The standard InChI is InChI=1S/C33H13F4N5S/c1-39-19-6-4-5-18(13-19)31-22-14-21(32-33(42-43-41-32)26(22)20-7-2-3-8-24(20)40-31)16-9-11-17(12-10-16)25-29(36)27(34)23(15-38)28(35)30(25)37/h2-14H. The molecule has 5 aromatic carbocycles. The summed E-state index contributed by atoms with van der Waals surface area (Å²) >= 11 is 1.03. The van der Waals surface area contributed by atoms with Gasteiger partial charge in [-0.05, 0) is 34.9 Å². The quantitative estimate of drug-likeness (QED) is 0.0894. The molecule has 204 valence electrons. The Hall–Kier alpha value is -5.71. The monoisotopic (exact) mass is 587 g/mol. The van der Waals surface area contributed by atoms with Crippen molar-refractivity contribution in [2.45, 2.75) is 0 Å². The van der Waals surface area contributed by atoms with Crippen molar-refractivity contribution in [3.63, 3.8) is 0 Å². The minimum absolute atomic E-state index is 0.112. The number of nitriles is 1. The summed E-state index contributed by atoms with van der Waals surface area (Å²) in [4.78, 5) is 8.51. The largest absolute Gasteiger partial charge is 0.247 e. The molecule has 2 heterocycles. The number of halogens is 4. The fourth-order valence-electron chi connectivity index (χ4n) is 5.33. The Morgan fingerprint density at radius 1 is 0.721 bits per heavy atom. The number of fused-ring (bicyclic) bond motifs is 5. The van der Waals surface area contributed by atoms with Crippen LogP contribution in [0.2, 0.25) is 0 Å². The molecular formula is C33H13F4N5S. The van der Waals surface area contributed by atoms with E-state index in [2.05, 4.69) is 13.6 Å². The molecule has 0 aliphatic rings. The summed E-state index contributed by atoms with van der Waals surface area (Å²) in [5.41, 5.74) is 2.74. The molecule has 5 nitrogen and oxygen atoms in total. The van der Waals surface area contributed by atoms with E-state index in [4.69, 9.17) is 16.8 Å². The molecule has 0 fully saturated rings. The fourth-order valence-corrected chi connectivity index (χ4v) is 5.89. The minimum Gasteiger partial charge on any atom is -0.247 e. The average Bonchev–Trinajstić information content (AvgIpc) is 3.54. The van der Waals surface area contributed by atoms with Crippen molar-refractivity contribution in [2.24, 2.45) is 0 Å². The molecule has 0 spiro atoms. The highest BCUT2D eigenvalue weighted by molar-refractivity contribution is 7.00. The van der Waals surface area contributed by atoms with Gasteiger partial charge >= 0.3 is 0 Å². The molecule has 0 N–H and O–H groups in total. The maximum atomic E-state index is 14.8. The molecule has 0 saturated heterocycles. The van der Waals surface area contributed by atoms with Gasteiger partial charge in [0.25, 0.3) is 0 Å². The van der Waals surface area contributed by atoms with Crippen LogP contribution in [-0.2, 0) is 0 Å². The van der Waals surface area contributed by atoms with Crippen molar-refractivity contribution in [3.05, 3.63) is 119 Å². The first kappa shape index (κ1) is 26.2. The second kappa shape index (κ2) is 9.98. The van der Waals surface area contributed by atoms with Crippen molar-refractivity contribution >= 4 is 50.1 Å². The summed E-state index contributed by atoms with van der Waals surface area (Å²) in [5, 5.41) is 11.4. The highest BCUT2D eigenvalue weighted by atomic mass is 32.1. The smallest absolute Gasteiger partial charge is 0.187 e. The summed E-state index contributed by atoms with van der Waals surface area (Å²) in [6.45, 7) is 7.47. The molecule has 10 heteroatoms. The maximum absolute atomic E-state index is 14.8. The number of benzene rings is 5. The van der Waals surface area contributed by atoms with E-state index >= 15 is 0 Å². The lowest BCUT2D eigenvalue weighted by Crippen LogP contribution is -2.03. The highest BCUT2D eigenvalue weighted by Crippen LogP contribution is 2.42. The van der Waals surface area contributed by atoms with Gasteiger partial charge in [0.1, 0.15) is 22.7 Å². The Morgan fingerprint density at radius 2 is 1.42 bits per heavy atom. The molecule has 43 heavy (non-hydrogen) atoms. The summed E-state index contributed by atoms with van der Waals surface area (Å²) in [6, 6.07) is 23.7. The summed E-state index contributed by atoms with van der Waals surface area (Å²) in [7, 11) is 0. The Balaban J connectivity index is 1.48. The van der Waals surface area contributed by atoms with Crippen molar-refractivity contribution in [1.29, 1.82) is 5.26 Å². The number of hydrogen-bond donors (Lipinski definition) is 0. The molecule has 7 rings (SSSR count). The Morgan fingerprint density at radius 3 is 2.14 bits per heavy atom. The normalized spacial score (nSPS) is 11.2. The lowest BCUT2D eigenvalue weighted by molar-refractivity contribution is 0.454. The van der Waals surface area contributed by atoms with Crippen LogP contribution in [0.5, 0.6) is 0 Å². The van der Waals surface area contributed by atoms with Crippen LogP contribution in [0.3, 0.4) is 0 Å². The zero-order chi connectivity index (χ0) is 29.8. The van der Waals surface area contributed by atoms with Crippen LogP contribution in [0.4, 0.5) is 23.2 Å². The van der Waals surface area contributed by atoms with Gasteiger partial charge in [0.15, 0.2) is 29.0 Å². The Kier molecular flexibility index (Phi) is 6.08. The van der Waals surface area contributed by atoms with Crippen LogP contribution < -0.4 is 0 Å². The van der Waals surface area contributed by atoms with E-state index in [0.29, 0.717) is 33.5 Å². The van der Waals surface area contributed by atoms with Crippen LogP contribution in [0.15, 0.2) is 78.9 Å². The lowest BCUT2D eigenvalue weighted by Gasteiger charge is -2.14. The van der Waals surface area contributed by atoms with Gasteiger partial charge in [-0.1, -0.05) is 60.7 Å². The zero-order valence-corrected chi connectivity index (χ0v) is 22.5. The molecular weight excluding hydrogens is 574 g/mol. The van der Waals surface area contributed by atoms with E-state index in [9.17, 15) is 17.6 Å². The minimum atomic E-state index is -1.75. The third-order valence-corrected chi connectivity index (χ3v) is 7.84. The van der Waals surface area contributed by atoms with Gasteiger partial charge in [-0.25, -0.2) is 27.4 Å². The summed E-state index contributed by atoms with van der Waals surface area (Å²) in [6.07, 6.45) is 0. The molecule has 2 aromatic heterocycles. The van der Waals surface area contributed by atoms with Crippen LogP contribution in [0, 0.1) is 41.2 Å². The molecule has 0 bridgehead atoms. The summed E-state index contributed by atoms with van der Waals surface area (Å²) in [5.74, 6) is -6.80. The molecule has 0 unspecified atom stereocenters. The van der Waals surface area contributed by atoms with E-state index < -0.39 is 34.4 Å². The van der Waals surface area contributed by atoms with E-state index in [0.717, 1.165) is 45.0 Å². The predicted molar refractivity (Wildman–Crippen MR) is 157 cm³/mol. The van der Waals surface area contributed by atoms with Crippen molar-refractivity contribution < 1.29 is 17.6 Å². The van der Waals surface area contributed by atoms with Crippen LogP contribution in [0.25, 0.3) is 71.1 Å². The van der Waals surface area contributed by atoms with Gasteiger partial charge in [0, 0.05) is 21.7 Å². The van der Waals surface area contributed by atoms with Crippen molar-refractivity contribution in [3.8, 4) is 39.6 Å². The molecule has 7 aromatic rings. The topological polar surface area (TPSA) is 66.8 Å². The first-order valence-electron chi connectivity index (χ1n) is 12.7. The van der Waals surface area contributed by atoms with Gasteiger partial charge in [-0.15, -0.1) is 0 Å². The predicted octanol–water partition coefficient (Wildman–Crippen LogP) is 9.37. The van der Waals surface area contributed by atoms with Gasteiger partial charge < -0.3 is 0 Å². The van der Waals surface area contributed by atoms with Gasteiger partial charge in [0.2, 0.25) is 0 Å². The zero-order valence-electron chi connectivity index (χ0n) is 21.7. The lowest BCUT2D eigenvalue weighted by atomic mass is 9.93. The molecule has 0 radical (unpaired) electrons. The number of hydrogen-bond acceptors (Lipinski definition) is 5. The molecule has 0 amide bonds. The Labute approximate surface area is 245 Å². The maximum Gasteiger partial charge on any atom is 0.187 e. The molecule has 0 aliphatic heterocycles. The SMILES string of the molecule is [C-]#[N+]c1cccc(-c2nc3ccccc3c3c2cc(-c2ccc(-c4c(F)c(F)c(C#N)c(F)c4F)cc2)c2nsnc23)c1. The van der Waals surface area contributed by atoms with Gasteiger partial charge in [-0.3, -0.25) is 0 Å². The van der Waals surface area contributed by atoms with Crippen LogP contribution in [0.1, 0.15) is 5.56 Å². The fraction of sp³-hybridized carbons (Fsp3) is 0. The van der Waals surface area contributed by atoms with E-state index in [1.54, 1.807) is 30.3 Å². The van der Waals surface area contributed by atoms with Crippen LogP contribution in [-0.4, -0.2) is 13.7 Å². The van der Waals surface area contributed by atoms with Gasteiger partial charge in [-0.2, -0.15) is 14.0 Å².